The Balaban J connectivity index is 2.66. The summed E-state index contributed by atoms with van der Waals surface area (Å²) in [5.74, 6) is -0.428. The quantitative estimate of drug-likeness (QED) is 0.442. The van der Waals surface area contributed by atoms with Crippen LogP contribution >= 0.6 is 0 Å². The van der Waals surface area contributed by atoms with E-state index in [-0.39, 0.29) is 24.7 Å². The standard InChI is InChI=1S/C8H12N4O4/c1-3-16-7(13)4-9-8-6(12(14)15)5-11(2)10-8/h5H,3-4H2,1-2H3,(H,9,10). The van der Waals surface area contributed by atoms with Gasteiger partial charge in [0.2, 0.25) is 5.82 Å². The second kappa shape index (κ2) is 5.10. The maximum absolute atomic E-state index is 11.0. The summed E-state index contributed by atoms with van der Waals surface area (Å²) >= 11 is 0. The summed E-state index contributed by atoms with van der Waals surface area (Å²) in [5, 5.41) is 17.0. The number of aryl methyl sites for hydroxylation is 1. The number of carbonyl (C=O) groups excluding carboxylic acids is 1. The summed E-state index contributed by atoms with van der Waals surface area (Å²) in [5.41, 5.74) is -0.174. The molecule has 1 aromatic rings. The Labute approximate surface area is 91.3 Å². The maximum atomic E-state index is 11.0. The van der Waals surface area contributed by atoms with Gasteiger partial charge in [0.15, 0.2) is 0 Å². The monoisotopic (exact) mass is 228 g/mol. The lowest BCUT2D eigenvalue weighted by Crippen LogP contribution is -2.17. The average Bonchev–Trinajstić information content (AvgIpc) is 2.57. The van der Waals surface area contributed by atoms with E-state index in [2.05, 4.69) is 15.2 Å². The molecule has 0 aliphatic heterocycles. The zero-order chi connectivity index (χ0) is 12.1. The molecule has 1 heterocycles. The van der Waals surface area contributed by atoms with Gasteiger partial charge in [-0.1, -0.05) is 0 Å². The van der Waals surface area contributed by atoms with Crippen molar-refractivity contribution in [1.29, 1.82) is 0 Å². The SMILES string of the molecule is CCOC(=O)CNc1nn(C)cc1[N+](=O)[O-]. The molecule has 0 aromatic carbocycles. The van der Waals surface area contributed by atoms with Gasteiger partial charge in [-0.2, -0.15) is 0 Å². The number of ether oxygens (including phenoxy) is 1. The Morgan fingerprint density at radius 3 is 3.00 bits per heavy atom. The van der Waals surface area contributed by atoms with Crippen molar-refractivity contribution in [2.24, 2.45) is 7.05 Å². The molecule has 0 aliphatic carbocycles. The van der Waals surface area contributed by atoms with Crippen LogP contribution in [-0.2, 0) is 16.6 Å². The van der Waals surface area contributed by atoms with Gasteiger partial charge in [-0.05, 0) is 6.92 Å². The maximum Gasteiger partial charge on any atom is 0.330 e. The first-order chi connectivity index (χ1) is 7.54. The molecule has 0 unspecified atom stereocenters. The number of hydrogen-bond acceptors (Lipinski definition) is 6. The minimum Gasteiger partial charge on any atom is -0.465 e. The van der Waals surface area contributed by atoms with Crippen molar-refractivity contribution in [3.8, 4) is 0 Å². The second-order valence-electron chi connectivity index (χ2n) is 2.95. The number of aromatic nitrogens is 2. The van der Waals surface area contributed by atoms with Crippen molar-refractivity contribution >= 4 is 17.5 Å². The van der Waals surface area contributed by atoms with E-state index < -0.39 is 10.9 Å². The summed E-state index contributed by atoms with van der Waals surface area (Å²) in [6, 6.07) is 0. The largest absolute Gasteiger partial charge is 0.465 e. The number of hydrogen-bond donors (Lipinski definition) is 1. The van der Waals surface area contributed by atoms with Crippen molar-refractivity contribution in [3.05, 3.63) is 16.3 Å². The van der Waals surface area contributed by atoms with Crippen molar-refractivity contribution in [2.45, 2.75) is 6.92 Å². The Hall–Kier alpha value is -2.12. The molecule has 0 fully saturated rings. The number of rotatable bonds is 5. The number of nitro groups is 1. The highest BCUT2D eigenvalue weighted by atomic mass is 16.6. The fourth-order valence-corrected chi connectivity index (χ4v) is 1.10. The molecule has 8 heteroatoms. The van der Waals surface area contributed by atoms with Crippen LogP contribution in [0.4, 0.5) is 11.5 Å². The van der Waals surface area contributed by atoms with E-state index in [1.165, 1.54) is 10.9 Å². The van der Waals surface area contributed by atoms with Crippen molar-refractivity contribution < 1.29 is 14.5 Å². The Morgan fingerprint density at radius 2 is 2.44 bits per heavy atom. The summed E-state index contributed by atoms with van der Waals surface area (Å²) in [6.45, 7) is 1.80. The van der Waals surface area contributed by atoms with E-state index in [0.717, 1.165) is 0 Å². The topological polar surface area (TPSA) is 99.3 Å². The van der Waals surface area contributed by atoms with Crippen LogP contribution in [0, 0.1) is 10.1 Å². The fraction of sp³-hybridized carbons (Fsp3) is 0.500. The molecule has 1 rings (SSSR count). The third-order valence-corrected chi connectivity index (χ3v) is 1.71. The smallest absolute Gasteiger partial charge is 0.330 e. The zero-order valence-electron chi connectivity index (χ0n) is 8.97. The zero-order valence-corrected chi connectivity index (χ0v) is 8.97. The fourth-order valence-electron chi connectivity index (χ4n) is 1.10. The highest BCUT2D eigenvalue weighted by Crippen LogP contribution is 2.20. The molecule has 0 saturated carbocycles. The summed E-state index contributed by atoms with van der Waals surface area (Å²) in [4.78, 5) is 21.0. The molecule has 88 valence electrons. The number of nitrogens with zero attached hydrogens (tertiary/aromatic N) is 3. The van der Waals surface area contributed by atoms with Crippen LogP contribution < -0.4 is 5.32 Å². The predicted molar refractivity (Wildman–Crippen MR) is 55.0 cm³/mol. The van der Waals surface area contributed by atoms with Gasteiger partial charge in [0.05, 0.1) is 11.5 Å². The van der Waals surface area contributed by atoms with Crippen LogP contribution in [0.25, 0.3) is 0 Å². The molecule has 1 N–H and O–H groups in total. The van der Waals surface area contributed by atoms with Crippen molar-refractivity contribution in [2.75, 3.05) is 18.5 Å². The minimum absolute atomic E-state index is 0.0561. The van der Waals surface area contributed by atoms with E-state index in [0.29, 0.717) is 0 Å². The third-order valence-electron chi connectivity index (χ3n) is 1.71. The normalized spacial score (nSPS) is 9.88. The van der Waals surface area contributed by atoms with Gasteiger partial charge >= 0.3 is 11.7 Å². The van der Waals surface area contributed by atoms with Crippen LogP contribution in [0.3, 0.4) is 0 Å². The minimum atomic E-state index is -0.569. The van der Waals surface area contributed by atoms with Gasteiger partial charge in [-0.3, -0.25) is 19.6 Å². The van der Waals surface area contributed by atoms with Crippen LogP contribution in [0.1, 0.15) is 6.92 Å². The van der Waals surface area contributed by atoms with E-state index >= 15 is 0 Å². The van der Waals surface area contributed by atoms with Gasteiger partial charge in [0, 0.05) is 7.05 Å². The predicted octanol–water partition coefficient (Wildman–Crippen LogP) is 0.303. The van der Waals surface area contributed by atoms with E-state index in [9.17, 15) is 14.9 Å². The first-order valence-electron chi connectivity index (χ1n) is 4.62. The molecule has 0 radical (unpaired) electrons. The van der Waals surface area contributed by atoms with Crippen LogP contribution in [0.5, 0.6) is 0 Å². The highest BCUT2D eigenvalue weighted by molar-refractivity contribution is 5.75. The molecule has 0 amide bonds. The number of carbonyl (C=O) groups is 1. The molecule has 0 saturated heterocycles. The van der Waals surface area contributed by atoms with E-state index in [4.69, 9.17) is 0 Å². The molecule has 0 bridgehead atoms. The summed E-state index contributed by atoms with van der Waals surface area (Å²) in [6.07, 6.45) is 1.26. The molecule has 16 heavy (non-hydrogen) atoms. The molecular weight excluding hydrogens is 216 g/mol. The number of esters is 1. The average molecular weight is 228 g/mol. The second-order valence-corrected chi connectivity index (χ2v) is 2.95. The Kier molecular flexibility index (Phi) is 3.81. The lowest BCUT2D eigenvalue weighted by Gasteiger charge is -2.02. The summed E-state index contributed by atoms with van der Waals surface area (Å²) in [7, 11) is 1.56. The van der Waals surface area contributed by atoms with E-state index in [1.807, 2.05) is 0 Å². The van der Waals surface area contributed by atoms with Crippen LogP contribution in [0.15, 0.2) is 6.20 Å². The first kappa shape index (κ1) is 12.0. The van der Waals surface area contributed by atoms with Gasteiger partial charge in [-0.15, -0.1) is 5.10 Å². The molecule has 0 spiro atoms. The first-order valence-corrected chi connectivity index (χ1v) is 4.62. The van der Waals surface area contributed by atoms with Crippen LogP contribution in [0.2, 0.25) is 0 Å². The number of anilines is 1. The van der Waals surface area contributed by atoms with Gasteiger partial charge in [-0.25, -0.2) is 0 Å². The molecule has 1 aromatic heterocycles. The number of nitrogens with one attached hydrogen (secondary N) is 1. The molecule has 8 nitrogen and oxygen atoms in total. The van der Waals surface area contributed by atoms with E-state index in [1.54, 1.807) is 14.0 Å². The lowest BCUT2D eigenvalue weighted by molar-refractivity contribution is -0.384. The van der Waals surface area contributed by atoms with Gasteiger partial charge in [0.1, 0.15) is 12.7 Å². The van der Waals surface area contributed by atoms with Gasteiger partial charge < -0.3 is 10.1 Å². The third kappa shape index (κ3) is 2.94. The van der Waals surface area contributed by atoms with Crippen LogP contribution in [-0.4, -0.2) is 33.8 Å². The molecular formula is C8H12N4O4. The molecule has 0 aliphatic rings. The van der Waals surface area contributed by atoms with Gasteiger partial charge in [0.25, 0.3) is 0 Å². The molecule has 0 atom stereocenters. The summed E-state index contributed by atoms with van der Waals surface area (Å²) < 4.78 is 5.96. The Morgan fingerprint density at radius 1 is 1.75 bits per heavy atom. The van der Waals surface area contributed by atoms with Crippen molar-refractivity contribution in [3.63, 3.8) is 0 Å². The lowest BCUT2D eigenvalue weighted by atomic mass is 10.5. The van der Waals surface area contributed by atoms with Crippen molar-refractivity contribution in [1.82, 2.24) is 9.78 Å². The highest BCUT2D eigenvalue weighted by Gasteiger charge is 2.18. The Bertz CT molecular complexity index is 401.